The number of carbonyl (C=O) groups excluding carboxylic acids is 2. The molecule has 5 rings (SSSR count). The van der Waals surface area contributed by atoms with E-state index in [0.717, 1.165) is 34.0 Å². The van der Waals surface area contributed by atoms with Crippen molar-refractivity contribution in [2.75, 3.05) is 20.2 Å². The Hall–Kier alpha value is -3.19. The lowest BCUT2D eigenvalue weighted by atomic mass is 10.1. The third-order valence-corrected chi connectivity index (χ3v) is 7.62. The summed E-state index contributed by atoms with van der Waals surface area (Å²) < 4.78 is 5.16. The van der Waals surface area contributed by atoms with Crippen molar-refractivity contribution in [3.05, 3.63) is 70.4 Å². The number of ether oxygens (including phenoxy) is 1. The number of nitrogens with zero attached hydrogens (tertiary/aromatic N) is 2. The Bertz CT molecular complexity index is 1200. The average molecular weight is 462 g/mol. The van der Waals surface area contributed by atoms with E-state index in [9.17, 15) is 9.59 Å². The quantitative estimate of drug-likeness (QED) is 0.593. The normalized spacial score (nSPS) is 20.9. The standard InChI is InChI=1S/C26H27N3O3S/c1-15-5-4-6-18(11-15)24-23(28-16(2)33-24)26(31)29-14-19-12-21(19)22(29)13-27-25(30)17-7-9-20(32-3)10-8-17/h4-11,19,21-22H,12-14H2,1-3H3,(H,27,30). The van der Waals surface area contributed by atoms with E-state index in [4.69, 9.17) is 4.74 Å². The van der Waals surface area contributed by atoms with E-state index in [0.29, 0.717) is 35.4 Å². The van der Waals surface area contributed by atoms with Gasteiger partial charge in [-0.15, -0.1) is 11.3 Å². The van der Waals surface area contributed by atoms with Gasteiger partial charge in [-0.05, 0) is 61.9 Å². The van der Waals surface area contributed by atoms with Crippen LogP contribution in [-0.2, 0) is 0 Å². The second-order valence-electron chi connectivity index (χ2n) is 8.90. The summed E-state index contributed by atoms with van der Waals surface area (Å²) in [4.78, 5) is 33.8. The Morgan fingerprint density at radius 2 is 1.97 bits per heavy atom. The van der Waals surface area contributed by atoms with Gasteiger partial charge in [0.05, 0.1) is 23.0 Å². The highest BCUT2D eigenvalue weighted by Crippen LogP contribution is 2.50. The number of benzene rings is 2. The molecule has 0 radical (unpaired) electrons. The summed E-state index contributed by atoms with van der Waals surface area (Å²) >= 11 is 1.56. The molecule has 1 saturated heterocycles. The van der Waals surface area contributed by atoms with Crippen LogP contribution in [0.25, 0.3) is 10.4 Å². The molecule has 2 heterocycles. The molecule has 2 fully saturated rings. The number of nitrogens with one attached hydrogen (secondary N) is 1. The molecule has 7 heteroatoms. The van der Waals surface area contributed by atoms with Crippen molar-refractivity contribution >= 4 is 23.2 Å². The second kappa shape index (κ2) is 8.63. The molecule has 6 nitrogen and oxygen atoms in total. The highest BCUT2D eigenvalue weighted by Gasteiger charge is 2.54. The maximum Gasteiger partial charge on any atom is 0.274 e. The second-order valence-corrected chi connectivity index (χ2v) is 10.1. The zero-order valence-electron chi connectivity index (χ0n) is 19.0. The highest BCUT2D eigenvalue weighted by molar-refractivity contribution is 7.15. The van der Waals surface area contributed by atoms with Crippen molar-refractivity contribution in [1.82, 2.24) is 15.2 Å². The monoisotopic (exact) mass is 461 g/mol. The van der Waals surface area contributed by atoms with Gasteiger partial charge in [-0.25, -0.2) is 4.98 Å². The molecule has 0 bridgehead atoms. The number of aryl methyl sites for hydroxylation is 2. The van der Waals surface area contributed by atoms with Gasteiger partial charge in [0.25, 0.3) is 11.8 Å². The Labute approximate surface area is 197 Å². The summed E-state index contributed by atoms with van der Waals surface area (Å²) in [6, 6.07) is 15.2. The number of fused-ring (bicyclic) bond motifs is 1. The molecule has 1 aliphatic heterocycles. The Balaban J connectivity index is 1.33. The van der Waals surface area contributed by atoms with Crippen molar-refractivity contribution in [3.63, 3.8) is 0 Å². The van der Waals surface area contributed by atoms with Gasteiger partial charge < -0.3 is 15.0 Å². The van der Waals surface area contributed by atoms with E-state index in [-0.39, 0.29) is 17.9 Å². The molecule has 170 valence electrons. The number of thiazole rings is 1. The van der Waals surface area contributed by atoms with Crippen molar-refractivity contribution in [3.8, 4) is 16.2 Å². The van der Waals surface area contributed by atoms with Gasteiger partial charge in [0, 0.05) is 18.7 Å². The zero-order valence-corrected chi connectivity index (χ0v) is 19.8. The number of aromatic nitrogens is 1. The first-order valence-electron chi connectivity index (χ1n) is 11.2. The fraction of sp³-hybridized carbons (Fsp3) is 0.346. The van der Waals surface area contributed by atoms with Crippen molar-refractivity contribution < 1.29 is 14.3 Å². The largest absolute Gasteiger partial charge is 0.497 e. The summed E-state index contributed by atoms with van der Waals surface area (Å²) in [5.74, 6) is 1.51. The van der Waals surface area contributed by atoms with Gasteiger partial charge >= 0.3 is 0 Å². The van der Waals surface area contributed by atoms with E-state index in [1.54, 1.807) is 42.7 Å². The molecular formula is C26H27N3O3S. The fourth-order valence-corrected chi connectivity index (χ4v) is 5.70. The van der Waals surface area contributed by atoms with Crippen LogP contribution in [-0.4, -0.2) is 47.9 Å². The summed E-state index contributed by atoms with van der Waals surface area (Å²) in [7, 11) is 1.60. The molecule has 1 saturated carbocycles. The number of carbonyl (C=O) groups is 2. The van der Waals surface area contributed by atoms with Gasteiger partial charge in [-0.1, -0.05) is 29.8 Å². The molecule has 3 atom stereocenters. The first-order chi connectivity index (χ1) is 15.9. The number of rotatable bonds is 6. The molecule has 1 aliphatic carbocycles. The predicted octanol–water partition coefficient (Wildman–Crippen LogP) is 4.33. The van der Waals surface area contributed by atoms with Crippen molar-refractivity contribution in [2.24, 2.45) is 11.8 Å². The SMILES string of the molecule is COc1ccc(C(=O)NCC2C3CC3CN2C(=O)c2nc(C)sc2-c2cccc(C)c2)cc1. The molecule has 3 aromatic rings. The average Bonchev–Trinajstić information content (AvgIpc) is 3.33. The minimum atomic E-state index is -0.140. The molecule has 33 heavy (non-hydrogen) atoms. The van der Waals surface area contributed by atoms with Crippen LogP contribution in [0.1, 0.15) is 37.8 Å². The van der Waals surface area contributed by atoms with Crippen LogP contribution in [0.15, 0.2) is 48.5 Å². The fourth-order valence-electron chi connectivity index (χ4n) is 4.80. The van der Waals surface area contributed by atoms with E-state index < -0.39 is 0 Å². The Kier molecular flexibility index (Phi) is 5.66. The first-order valence-corrected chi connectivity index (χ1v) is 12.0. The number of methoxy groups -OCH3 is 1. The number of hydrogen-bond acceptors (Lipinski definition) is 5. The van der Waals surface area contributed by atoms with Gasteiger partial charge in [0.2, 0.25) is 0 Å². The first kappa shape index (κ1) is 21.6. The van der Waals surface area contributed by atoms with Crippen LogP contribution < -0.4 is 10.1 Å². The lowest BCUT2D eigenvalue weighted by Gasteiger charge is -2.27. The van der Waals surface area contributed by atoms with Crippen LogP contribution in [0.3, 0.4) is 0 Å². The van der Waals surface area contributed by atoms with E-state index in [1.165, 1.54) is 0 Å². The third kappa shape index (κ3) is 4.25. The molecule has 0 spiro atoms. The molecule has 1 N–H and O–H groups in total. The van der Waals surface area contributed by atoms with Crippen LogP contribution in [0.5, 0.6) is 5.75 Å². The topological polar surface area (TPSA) is 71.5 Å². The van der Waals surface area contributed by atoms with Gasteiger partial charge in [0.15, 0.2) is 0 Å². The summed E-state index contributed by atoms with van der Waals surface area (Å²) in [6.45, 7) is 5.17. The smallest absolute Gasteiger partial charge is 0.274 e. The van der Waals surface area contributed by atoms with E-state index in [2.05, 4.69) is 29.4 Å². The number of hydrogen-bond donors (Lipinski definition) is 1. The van der Waals surface area contributed by atoms with Crippen LogP contribution >= 0.6 is 11.3 Å². The number of piperidine rings is 1. The molecule has 2 aliphatic rings. The number of likely N-dealkylation sites (tertiary alicyclic amines) is 1. The zero-order chi connectivity index (χ0) is 23.1. The summed E-state index contributed by atoms with van der Waals surface area (Å²) in [6.07, 6.45) is 1.12. The molecular weight excluding hydrogens is 434 g/mol. The third-order valence-electron chi connectivity index (χ3n) is 6.60. The summed E-state index contributed by atoms with van der Waals surface area (Å²) in [5, 5.41) is 3.92. The van der Waals surface area contributed by atoms with Crippen LogP contribution in [0.4, 0.5) is 0 Å². The van der Waals surface area contributed by atoms with Crippen LogP contribution in [0, 0.1) is 25.7 Å². The van der Waals surface area contributed by atoms with Gasteiger partial charge in [0.1, 0.15) is 11.4 Å². The van der Waals surface area contributed by atoms with Crippen molar-refractivity contribution in [1.29, 1.82) is 0 Å². The lowest BCUT2D eigenvalue weighted by Crippen LogP contribution is -2.45. The molecule has 3 unspecified atom stereocenters. The maximum atomic E-state index is 13.6. The predicted molar refractivity (Wildman–Crippen MR) is 129 cm³/mol. The summed E-state index contributed by atoms with van der Waals surface area (Å²) in [5.41, 5.74) is 3.28. The van der Waals surface area contributed by atoms with Gasteiger partial charge in [-0.3, -0.25) is 9.59 Å². The lowest BCUT2D eigenvalue weighted by molar-refractivity contribution is 0.0690. The Morgan fingerprint density at radius 1 is 1.18 bits per heavy atom. The highest BCUT2D eigenvalue weighted by atomic mass is 32.1. The van der Waals surface area contributed by atoms with Gasteiger partial charge in [-0.2, -0.15) is 0 Å². The maximum absolute atomic E-state index is 13.6. The Morgan fingerprint density at radius 3 is 2.70 bits per heavy atom. The van der Waals surface area contributed by atoms with E-state index >= 15 is 0 Å². The number of amides is 2. The minimum Gasteiger partial charge on any atom is -0.497 e. The van der Waals surface area contributed by atoms with Crippen molar-refractivity contribution in [2.45, 2.75) is 26.3 Å². The molecule has 2 amide bonds. The molecule has 2 aromatic carbocycles. The van der Waals surface area contributed by atoms with E-state index in [1.807, 2.05) is 24.0 Å². The molecule has 1 aromatic heterocycles. The van der Waals surface area contributed by atoms with Crippen LogP contribution in [0.2, 0.25) is 0 Å². The minimum absolute atomic E-state index is 0.00272.